The van der Waals surface area contributed by atoms with E-state index >= 15 is 0 Å². The lowest BCUT2D eigenvalue weighted by molar-refractivity contribution is -0.139. The van der Waals surface area contributed by atoms with E-state index < -0.39 is 5.97 Å². The van der Waals surface area contributed by atoms with Crippen molar-refractivity contribution in [1.82, 2.24) is 10.2 Å². The smallest absolute Gasteiger partial charge is 0.317 e. The minimum Gasteiger partial charge on any atom is -0.481 e. The maximum absolute atomic E-state index is 11.8. The first kappa shape index (κ1) is 12.5. The first-order chi connectivity index (χ1) is 8.56. The van der Waals surface area contributed by atoms with Gasteiger partial charge in [-0.05, 0) is 19.1 Å². The molecule has 0 aliphatic carbocycles. The molecule has 2 rings (SSSR count). The number of amides is 2. The van der Waals surface area contributed by atoms with Crippen LogP contribution in [0.5, 0.6) is 0 Å². The number of carboxylic acids is 1. The van der Waals surface area contributed by atoms with Crippen molar-refractivity contribution >= 4 is 12.0 Å². The summed E-state index contributed by atoms with van der Waals surface area (Å²) < 4.78 is 5.19. The fraction of sp³-hybridized carbons (Fsp3) is 0.500. The molecular formula is C12H16N2O4. The van der Waals surface area contributed by atoms with Crippen LogP contribution >= 0.6 is 0 Å². The van der Waals surface area contributed by atoms with E-state index in [1.165, 1.54) is 0 Å². The molecule has 0 bridgehead atoms. The number of furan rings is 1. The maximum atomic E-state index is 11.8. The summed E-state index contributed by atoms with van der Waals surface area (Å²) in [6, 6.07) is 3.20. The largest absolute Gasteiger partial charge is 0.481 e. The van der Waals surface area contributed by atoms with Crippen molar-refractivity contribution < 1.29 is 19.1 Å². The Balaban J connectivity index is 1.75. The zero-order valence-electron chi connectivity index (χ0n) is 10.1. The van der Waals surface area contributed by atoms with E-state index in [1.54, 1.807) is 23.3 Å². The summed E-state index contributed by atoms with van der Waals surface area (Å²) in [5.41, 5.74) is 0. The minimum absolute atomic E-state index is 0.0761. The second-order valence-corrected chi connectivity index (χ2v) is 4.56. The van der Waals surface area contributed by atoms with E-state index in [2.05, 4.69) is 5.32 Å². The molecule has 2 heterocycles. The first-order valence-electron chi connectivity index (χ1n) is 5.87. The molecule has 1 aromatic rings. The van der Waals surface area contributed by atoms with Gasteiger partial charge in [0.25, 0.3) is 0 Å². The predicted molar refractivity (Wildman–Crippen MR) is 63.0 cm³/mol. The number of likely N-dealkylation sites (tertiary alicyclic amines) is 1. The SMILES string of the molecule is CC(NC(=O)N1CC(CC(=O)O)C1)c1ccco1. The normalized spacial score (nSPS) is 17.1. The summed E-state index contributed by atoms with van der Waals surface area (Å²) in [4.78, 5) is 23.9. The minimum atomic E-state index is -0.816. The molecule has 6 nitrogen and oxygen atoms in total. The lowest BCUT2D eigenvalue weighted by Crippen LogP contribution is -2.54. The van der Waals surface area contributed by atoms with Crippen LogP contribution in [0, 0.1) is 5.92 Å². The molecule has 1 fully saturated rings. The van der Waals surface area contributed by atoms with Crippen LogP contribution in [0.4, 0.5) is 4.79 Å². The summed E-state index contributed by atoms with van der Waals surface area (Å²) >= 11 is 0. The van der Waals surface area contributed by atoms with Gasteiger partial charge in [0.1, 0.15) is 5.76 Å². The number of nitrogens with zero attached hydrogens (tertiary/aromatic N) is 1. The first-order valence-corrected chi connectivity index (χ1v) is 5.87. The highest BCUT2D eigenvalue weighted by Crippen LogP contribution is 2.20. The van der Waals surface area contributed by atoms with Crippen LogP contribution in [-0.2, 0) is 4.79 Å². The van der Waals surface area contributed by atoms with Crippen LogP contribution in [0.1, 0.15) is 25.1 Å². The molecule has 18 heavy (non-hydrogen) atoms. The van der Waals surface area contributed by atoms with Crippen molar-refractivity contribution in [2.45, 2.75) is 19.4 Å². The second kappa shape index (κ2) is 5.12. The highest BCUT2D eigenvalue weighted by atomic mass is 16.4. The Morgan fingerprint density at radius 1 is 1.61 bits per heavy atom. The van der Waals surface area contributed by atoms with E-state index in [-0.39, 0.29) is 24.4 Å². The fourth-order valence-corrected chi connectivity index (χ4v) is 2.00. The number of urea groups is 1. The average molecular weight is 252 g/mol. The molecule has 98 valence electrons. The van der Waals surface area contributed by atoms with Crippen molar-refractivity contribution in [1.29, 1.82) is 0 Å². The number of hydrogen-bond donors (Lipinski definition) is 2. The molecule has 0 radical (unpaired) electrons. The van der Waals surface area contributed by atoms with Crippen LogP contribution in [0.3, 0.4) is 0 Å². The number of rotatable bonds is 4. The van der Waals surface area contributed by atoms with E-state index in [0.29, 0.717) is 18.8 Å². The van der Waals surface area contributed by atoms with E-state index in [0.717, 1.165) is 0 Å². The zero-order valence-corrected chi connectivity index (χ0v) is 10.1. The highest BCUT2D eigenvalue weighted by molar-refractivity contribution is 5.76. The van der Waals surface area contributed by atoms with Gasteiger partial charge < -0.3 is 19.7 Å². The van der Waals surface area contributed by atoms with Crippen LogP contribution < -0.4 is 5.32 Å². The van der Waals surface area contributed by atoms with Crippen molar-refractivity contribution in [3.63, 3.8) is 0 Å². The quantitative estimate of drug-likeness (QED) is 0.849. The summed E-state index contributed by atoms with van der Waals surface area (Å²) in [6.07, 6.45) is 1.68. The second-order valence-electron chi connectivity index (χ2n) is 4.56. The molecule has 2 amide bonds. The Kier molecular flexibility index (Phi) is 3.55. The number of aliphatic carboxylic acids is 1. The maximum Gasteiger partial charge on any atom is 0.317 e. The Labute approximate surface area is 105 Å². The molecule has 0 aromatic carbocycles. The summed E-state index contributed by atoms with van der Waals surface area (Å²) in [7, 11) is 0. The standard InChI is InChI=1S/C12H16N2O4/c1-8(10-3-2-4-18-10)13-12(17)14-6-9(7-14)5-11(15)16/h2-4,8-9H,5-7H2,1H3,(H,13,17)(H,15,16). The summed E-state index contributed by atoms with van der Waals surface area (Å²) in [5, 5.41) is 11.4. The molecule has 1 atom stereocenters. The number of carbonyl (C=O) groups is 2. The van der Waals surface area contributed by atoms with Crippen LogP contribution in [0.2, 0.25) is 0 Å². The van der Waals surface area contributed by atoms with E-state index in [4.69, 9.17) is 9.52 Å². The number of carbonyl (C=O) groups excluding carboxylic acids is 1. The lowest BCUT2D eigenvalue weighted by atomic mass is 9.97. The molecule has 6 heteroatoms. The van der Waals surface area contributed by atoms with Gasteiger partial charge in [-0.25, -0.2) is 4.79 Å². The molecular weight excluding hydrogens is 236 g/mol. The Bertz CT molecular complexity index is 423. The summed E-state index contributed by atoms with van der Waals surface area (Å²) in [6.45, 7) is 2.84. The molecule has 1 aliphatic heterocycles. The highest BCUT2D eigenvalue weighted by Gasteiger charge is 2.32. The monoisotopic (exact) mass is 252 g/mol. The Morgan fingerprint density at radius 3 is 2.89 bits per heavy atom. The molecule has 1 saturated heterocycles. The van der Waals surface area contributed by atoms with Gasteiger partial charge in [-0.3, -0.25) is 4.79 Å². The van der Waals surface area contributed by atoms with Gasteiger partial charge in [0.05, 0.1) is 18.7 Å². The van der Waals surface area contributed by atoms with Crippen molar-refractivity contribution in [2.24, 2.45) is 5.92 Å². The van der Waals surface area contributed by atoms with Gasteiger partial charge in [0.15, 0.2) is 0 Å². The van der Waals surface area contributed by atoms with Gasteiger partial charge >= 0.3 is 12.0 Å². The topological polar surface area (TPSA) is 82.8 Å². The predicted octanol–water partition coefficient (Wildman–Crippen LogP) is 1.46. The Hall–Kier alpha value is -1.98. The molecule has 0 saturated carbocycles. The third-order valence-corrected chi connectivity index (χ3v) is 3.02. The van der Waals surface area contributed by atoms with Crippen molar-refractivity contribution in [3.05, 3.63) is 24.2 Å². The van der Waals surface area contributed by atoms with E-state index in [9.17, 15) is 9.59 Å². The van der Waals surface area contributed by atoms with Crippen molar-refractivity contribution in [2.75, 3.05) is 13.1 Å². The average Bonchev–Trinajstić information content (AvgIpc) is 2.75. The third kappa shape index (κ3) is 2.82. The zero-order chi connectivity index (χ0) is 13.1. The molecule has 1 unspecified atom stereocenters. The number of carboxylic acid groups (broad SMARTS) is 1. The van der Waals surface area contributed by atoms with E-state index in [1.807, 2.05) is 6.92 Å². The molecule has 2 N–H and O–H groups in total. The van der Waals surface area contributed by atoms with Gasteiger partial charge in [0, 0.05) is 19.0 Å². The van der Waals surface area contributed by atoms with Crippen molar-refractivity contribution in [3.8, 4) is 0 Å². The van der Waals surface area contributed by atoms with Gasteiger partial charge in [-0.15, -0.1) is 0 Å². The Morgan fingerprint density at radius 2 is 2.33 bits per heavy atom. The number of nitrogens with one attached hydrogen (secondary N) is 1. The fourth-order valence-electron chi connectivity index (χ4n) is 2.00. The van der Waals surface area contributed by atoms with Crippen LogP contribution in [0.25, 0.3) is 0 Å². The third-order valence-electron chi connectivity index (χ3n) is 3.02. The van der Waals surface area contributed by atoms with Crippen LogP contribution in [-0.4, -0.2) is 35.1 Å². The van der Waals surface area contributed by atoms with Gasteiger partial charge in [0.2, 0.25) is 0 Å². The van der Waals surface area contributed by atoms with Crippen LogP contribution in [0.15, 0.2) is 22.8 Å². The molecule has 1 aliphatic rings. The number of hydrogen-bond acceptors (Lipinski definition) is 3. The summed E-state index contributed by atoms with van der Waals surface area (Å²) in [5.74, 6) is -0.0397. The van der Waals surface area contributed by atoms with Gasteiger partial charge in [-0.1, -0.05) is 0 Å². The van der Waals surface area contributed by atoms with Gasteiger partial charge in [-0.2, -0.15) is 0 Å². The molecule has 1 aromatic heterocycles. The lowest BCUT2D eigenvalue weighted by Gasteiger charge is -2.38. The molecule has 0 spiro atoms.